The van der Waals surface area contributed by atoms with E-state index in [9.17, 15) is 4.79 Å². The van der Waals surface area contributed by atoms with Gasteiger partial charge in [0.05, 0.1) is 0 Å². The third-order valence-electron chi connectivity index (χ3n) is 5.43. The zero-order valence-corrected chi connectivity index (χ0v) is 18.6. The molecule has 3 heteroatoms. The van der Waals surface area contributed by atoms with Crippen LogP contribution in [0.25, 0.3) is 0 Å². The van der Waals surface area contributed by atoms with Crippen molar-refractivity contribution >= 4 is 5.91 Å². The van der Waals surface area contributed by atoms with Gasteiger partial charge < -0.3 is 10.5 Å². The van der Waals surface area contributed by atoms with E-state index in [1.54, 1.807) is 13.8 Å². The van der Waals surface area contributed by atoms with Gasteiger partial charge in [-0.1, -0.05) is 96.1 Å². The summed E-state index contributed by atoms with van der Waals surface area (Å²) in [7, 11) is 0. The highest BCUT2D eigenvalue weighted by Gasteiger charge is 2.26. The lowest BCUT2D eigenvalue weighted by Gasteiger charge is -2.23. The number of primary amides is 1. The number of hydrogen-bond acceptors (Lipinski definition) is 2. The van der Waals surface area contributed by atoms with Crippen LogP contribution < -0.4 is 10.5 Å². The highest BCUT2D eigenvalue weighted by molar-refractivity contribution is 5.82. The van der Waals surface area contributed by atoms with Crippen molar-refractivity contribution in [2.45, 2.75) is 116 Å². The zero-order valence-electron chi connectivity index (χ0n) is 18.6. The van der Waals surface area contributed by atoms with Gasteiger partial charge in [0.1, 0.15) is 5.75 Å². The minimum absolute atomic E-state index is 0.450. The maximum absolute atomic E-state index is 11.4. The molecule has 0 aliphatic rings. The van der Waals surface area contributed by atoms with E-state index in [0.29, 0.717) is 0 Å². The van der Waals surface area contributed by atoms with Gasteiger partial charge in [-0.25, -0.2) is 0 Å². The Balaban J connectivity index is 2.06. The predicted molar refractivity (Wildman–Crippen MR) is 120 cm³/mol. The molecule has 0 aromatic heterocycles. The molecule has 0 aliphatic carbocycles. The Morgan fingerprint density at radius 3 is 1.86 bits per heavy atom. The first-order valence-corrected chi connectivity index (χ1v) is 11.5. The number of nitrogens with two attached hydrogens (primary N) is 1. The summed E-state index contributed by atoms with van der Waals surface area (Å²) in [5.74, 6) is 0.269. The van der Waals surface area contributed by atoms with Gasteiger partial charge in [0.2, 0.25) is 0 Å². The molecule has 1 aromatic rings. The average molecular weight is 390 g/mol. The van der Waals surface area contributed by atoms with Gasteiger partial charge in [-0.2, -0.15) is 0 Å². The van der Waals surface area contributed by atoms with E-state index in [0.717, 1.165) is 12.2 Å². The Bertz CT molecular complexity index is 539. The molecule has 0 heterocycles. The van der Waals surface area contributed by atoms with Crippen LogP contribution in [0.3, 0.4) is 0 Å². The van der Waals surface area contributed by atoms with Crippen molar-refractivity contribution in [1.82, 2.24) is 0 Å². The number of carbonyl (C=O) groups excluding carboxylic acids is 1. The van der Waals surface area contributed by atoms with E-state index in [-0.39, 0.29) is 0 Å². The molecular weight excluding hydrogens is 346 g/mol. The highest BCUT2D eigenvalue weighted by atomic mass is 16.5. The minimum Gasteiger partial charge on any atom is -0.478 e. The van der Waals surface area contributed by atoms with Gasteiger partial charge in [0.25, 0.3) is 5.91 Å². The van der Waals surface area contributed by atoms with Gasteiger partial charge in [-0.3, -0.25) is 4.79 Å². The molecule has 1 rings (SSSR count). The first-order chi connectivity index (χ1) is 13.5. The SMILES string of the molecule is CCCCCCCCCCCCCCCc1cccc(OC(C)(C)C(N)=O)c1. The molecule has 1 aromatic carbocycles. The number of benzene rings is 1. The molecule has 0 aliphatic heterocycles. The van der Waals surface area contributed by atoms with E-state index in [1.807, 2.05) is 18.2 Å². The second kappa shape index (κ2) is 14.5. The summed E-state index contributed by atoms with van der Waals surface area (Å²) in [4.78, 5) is 11.4. The van der Waals surface area contributed by atoms with E-state index in [1.165, 1.54) is 89.0 Å². The molecule has 160 valence electrons. The summed E-state index contributed by atoms with van der Waals surface area (Å²) < 4.78 is 5.75. The fourth-order valence-electron chi connectivity index (χ4n) is 3.46. The molecule has 3 nitrogen and oxygen atoms in total. The molecule has 2 N–H and O–H groups in total. The fraction of sp³-hybridized carbons (Fsp3) is 0.720. The Morgan fingerprint density at radius 2 is 1.36 bits per heavy atom. The van der Waals surface area contributed by atoms with Gasteiger partial charge in [-0.15, -0.1) is 0 Å². The number of unbranched alkanes of at least 4 members (excludes halogenated alkanes) is 12. The lowest BCUT2D eigenvalue weighted by Crippen LogP contribution is -2.43. The van der Waals surface area contributed by atoms with E-state index < -0.39 is 11.5 Å². The monoisotopic (exact) mass is 389 g/mol. The van der Waals surface area contributed by atoms with Crippen molar-refractivity contribution < 1.29 is 9.53 Å². The molecule has 0 bridgehead atoms. The van der Waals surface area contributed by atoms with Crippen LogP contribution in [0.5, 0.6) is 5.75 Å². The van der Waals surface area contributed by atoms with Crippen LogP contribution in [0.15, 0.2) is 24.3 Å². The summed E-state index contributed by atoms with van der Waals surface area (Å²) in [6, 6.07) is 8.04. The first-order valence-electron chi connectivity index (χ1n) is 11.5. The van der Waals surface area contributed by atoms with Crippen LogP contribution >= 0.6 is 0 Å². The number of carbonyl (C=O) groups is 1. The predicted octanol–water partition coefficient (Wildman–Crippen LogP) is 6.96. The lowest BCUT2D eigenvalue weighted by atomic mass is 10.0. The summed E-state index contributed by atoms with van der Waals surface area (Å²) in [6.45, 7) is 5.68. The van der Waals surface area contributed by atoms with Gasteiger partial charge >= 0.3 is 0 Å². The van der Waals surface area contributed by atoms with Crippen LogP contribution in [0.4, 0.5) is 0 Å². The van der Waals surface area contributed by atoms with E-state index in [2.05, 4.69) is 13.0 Å². The average Bonchev–Trinajstić information content (AvgIpc) is 2.65. The number of rotatable bonds is 17. The van der Waals surface area contributed by atoms with Crippen molar-refractivity contribution in [3.8, 4) is 5.75 Å². The zero-order chi connectivity index (χ0) is 20.7. The second-order valence-corrected chi connectivity index (χ2v) is 8.62. The quantitative estimate of drug-likeness (QED) is 0.293. The molecule has 0 atom stereocenters. The lowest BCUT2D eigenvalue weighted by molar-refractivity contribution is -0.130. The Morgan fingerprint density at radius 1 is 0.857 bits per heavy atom. The molecule has 28 heavy (non-hydrogen) atoms. The van der Waals surface area contributed by atoms with Crippen molar-refractivity contribution in [2.24, 2.45) is 5.73 Å². The standard InChI is InChI=1S/C25H43NO2/c1-4-5-6-7-8-9-10-11-12-13-14-15-16-18-22-19-17-20-23(21-22)28-25(2,3)24(26)27/h17,19-21H,4-16,18H2,1-3H3,(H2,26,27). The third kappa shape index (κ3) is 11.4. The van der Waals surface area contributed by atoms with Crippen molar-refractivity contribution in [1.29, 1.82) is 0 Å². The molecule has 0 saturated heterocycles. The Labute approximate surface area is 173 Å². The molecule has 0 spiro atoms. The summed E-state index contributed by atoms with van der Waals surface area (Å²) >= 11 is 0. The maximum atomic E-state index is 11.4. The van der Waals surface area contributed by atoms with E-state index >= 15 is 0 Å². The van der Waals surface area contributed by atoms with Crippen LogP contribution in [0.1, 0.15) is 110 Å². The molecule has 0 unspecified atom stereocenters. The highest BCUT2D eigenvalue weighted by Crippen LogP contribution is 2.21. The largest absolute Gasteiger partial charge is 0.478 e. The van der Waals surface area contributed by atoms with Crippen molar-refractivity contribution in [2.75, 3.05) is 0 Å². The van der Waals surface area contributed by atoms with E-state index in [4.69, 9.17) is 10.5 Å². The smallest absolute Gasteiger partial charge is 0.261 e. The van der Waals surface area contributed by atoms with Crippen LogP contribution in [-0.4, -0.2) is 11.5 Å². The van der Waals surface area contributed by atoms with Crippen molar-refractivity contribution in [3.63, 3.8) is 0 Å². The Hall–Kier alpha value is -1.51. The van der Waals surface area contributed by atoms with Crippen LogP contribution in [0.2, 0.25) is 0 Å². The molecule has 0 radical (unpaired) electrons. The normalized spacial score (nSPS) is 11.5. The fourth-order valence-corrected chi connectivity index (χ4v) is 3.46. The van der Waals surface area contributed by atoms with Gasteiger partial charge in [-0.05, 0) is 44.4 Å². The van der Waals surface area contributed by atoms with Crippen LogP contribution in [-0.2, 0) is 11.2 Å². The van der Waals surface area contributed by atoms with Crippen molar-refractivity contribution in [3.05, 3.63) is 29.8 Å². The second-order valence-electron chi connectivity index (χ2n) is 8.62. The summed E-state index contributed by atoms with van der Waals surface area (Å²) in [6.07, 6.45) is 18.9. The number of hydrogen-bond donors (Lipinski definition) is 1. The van der Waals surface area contributed by atoms with Crippen LogP contribution in [0, 0.1) is 0 Å². The van der Waals surface area contributed by atoms with Gasteiger partial charge in [0.15, 0.2) is 5.60 Å². The molecule has 1 amide bonds. The molecular formula is C25H43NO2. The number of ether oxygens (including phenoxy) is 1. The molecule has 0 saturated carbocycles. The third-order valence-corrected chi connectivity index (χ3v) is 5.43. The number of amides is 1. The first kappa shape index (κ1) is 24.5. The Kier molecular flexibility index (Phi) is 12.7. The number of aryl methyl sites for hydroxylation is 1. The summed E-state index contributed by atoms with van der Waals surface area (Å²) in [5.41, 5.74) is 5.67. The molecule has 0 fully saturated rings. The summed E-state index contributed by atoms with van der Waals surface area (Å²) in [5, 5.41) is 0. The maximum Gasteiger partial charge on any atom is 0.261 e. The topological polar surface area (TPSA) is 52.3 Å². The van der Waals surface area contributed by atoms with Gasteiger partial charge in [0, 0.05) is 0 Å². The minimum atomic E-state index is -0.978.